The number of ether oxygens (including phenoxy) is 2. The van der Waals surface area contributed by atoms with E-state index in [1.54, 1.807) is 43.5 Å². The van der Waals surface area contributed by atoms with Crippen LogP contribution in [0.15, 0.2) is 60.8 Å². The molecule has 8 nitrogen and oxygen atoms in total. The van der Waals surface area contributed by atoms with E-state index in [2.05, 4.69) is 15.3 Å². The van der Waals surface area contributed by atoms with Crippen LogP contribution < -0.4 is 20.5 Å². The average Bonchev–Trinajstić information content (AvgIpc) is 3.16. The van der Waals surface area contributed by atoms with E-state index in [-0.39, 0.29) is 23.8 Å². The van der Waals surface area contributed by atoms with Crippen molar-refractivity contribution in [1.82, 2.24) is 9.97 Å². The standard InChI is InChI=1S/C22H18N4O4S/c1-29-15-8-9-17-18(12-15)31-22(25-17)26-19(27)11-13-4-6-14(7-5-13)30-21-16(20(23)28)3-2-10-24-21/h2-10,12H,11H2,1H3,(H2,23,28)(H,25,26,27). The fraction of sp³-hybridized carbons (Fsp3) is 0.0909. The Morgan fingerprint density at radius 1 is 1.10 bits per heavy atom. The van der Waals surface area contributed by atoms with Gasteiger partial charge in [-0.15, -0.1) is 0 Å². The van der Waals surface area contributed by atoms with E-state index in [1.807, 2.05) is 18.2 Å². The number of hydrogen-bond donors (Lipinski definition) is 2. The van der Waals surface area contributed by atoms with Gasteiger partial charge < -0.3 is 20.5 Å². The number of anilines is 1. The molecule has 0 radical (unpaired) electrons. The number of nitrogens with one attached hydrogen (secondary N) is 1. The smallest absolute Gasteiger partial charge is 0.254 e. The lowest BCUT2D eigenvalue weighted by Crippen LogP contribution is -2.14. The van der Waals surface area contributed by atoms with Crippen molar-refractivity contribution in [3.8, 4) is 17.4 Å². The predicted molar refractivity (Wildman–Crippen MR) is 118 cm³/mol. The van der Waals surface area contributed by atoms with Crippen molar-refractivity contribution >= 4 is 38.5 Å². The summed E-state index contributed by atoms with van der Waals surface area (Å²) >= 11 is 1.39. The number of carbonyl (C=O) groups excluding carboxylic acids is 2. The van der Waals surface area contributed by atoms with Gasteiger partial charge in [0.2, 0.25) is 11.8 Å². The van der Waals surface area contributed by atoms with Gasteiger partial charge in [0, 0.05) is 6.20 Å². The SMILES string of the molecule is COc1ccc2nc(NC(=O)Cc3ccc(Oc4ncccc4C(N)=O)cc3)sc2c1. The van der Waals surface area contributed by atoms with Crippen molar-refractivity contribution in [3.63, 3.8) is 0 Å². The topological polar surface area (TPSA) is 116 Å². The number of methoxy groups -OCH3 is 1. The van der Waals surface area contributed by atoms with Crippen molar-refractivity contribution in [2.24, 2.45) is 5.73 Å². The molecule has 2 aromatic heterocycles. The monoisotopic (exact) mass is 434 g/mol. The van der Waals surface area contributed by atoms with E-state index in [0.29, 0.717) is 10.9 Å². The van der Waals surface area contributed by atoms with Crippen LogP contribution in [0.3, 0.4) is 0 Å². The van der Waals surface area contributed by atoms with E-state index >= 15 is 0 Å². The first kappa shape index (κ1) is 20.3. The molecular weight excluding hydrogens is 416 g/mol. The lowest BCUT2D eigenvalue weighted by Gasteiger charge is -2.08. The van der Waals surface area contributed by atoms with Gasteiger partial charge in [-0.2, -0.15) is 0 Å². The predicted octanol–water partition coefficient (Wildman–Crippen LogP) is 3.77. The first-order valence-corrected chi connectivity index (χ1v) is 10.1. The Bertz CT molecular complexity index is 1250. The third-order valence-electron chi connectivity index (χ3n) is 4.38. The molecule has 4 rings (SSSR count). The lowest BCUT2D eigenvalue weighted by molar-refractivity contribution is -0.115. The summed E-state index contributed by atoms with van der Waals surface area (Å²) in [4.78, 5) is 32.3. The molecule has 2 heterocycles. The van der Waals surface area contributed by atoms with Crippen molar-refractivity contribution < 1.29 is 19.1 Å². The molecule has 31 heavy (non-hydrogen) atoms. The summed E-state index contributed by atoms with van der Waals surface area (Å²) < 4.78 is 11.8. The first-order chi connectivity index (χ1) is 15.0. The minimum Gasteiger partial charge on any atom is -0.497 e. The molecule has 3 N–H and O–H groups in total. The number of carbonyl (C=O) groups is 2. The van der Waals surface area contributed by atoms with Crippen LogP contribution in [-0.2, 0) is 11.2 Å². The molecule has 0 aliphatic rings. The second-order valence-corrected chi connectivity index (χ2v) is 7.57. The van der Waals surface area contributed by atoms with Crippen LogP contribution in [0.5, 0.6) is 17.4 Å². The summed E-state index contributed by atoms with van der Waals surface area (Å²) in [5.41, 5.74) is 7.12. The van der Waals surface area contributed by atoms with Crippen LogP contribution >= 0.6 is 11.3 Å². The zero-order valence-electron chi connectivity index (χ0n) is 16.5. The van der Waals surface area contributed by atoms with Crippen LogP contribution in [0.25, 0.3) is 10.2 Å². The molecule has 0 saturated carbocycles. The van der Waals surface area contributed by atoms with Crippen molar-refractivity contribution in [1.29, 1.82) is 0 Å². The van der Waals surface area contributed by atoms with Crippen LogP contribution in [0.1, 0.15) is 15.9 Å². The van der Waals surface area contributed by atoms with E-state index in [1.165, 1.54) is 17.5 Å². The number of nitrogens with two attached hydrogens (primary N) is 1. The molecule has 0 bridgehead atoms. The number of thiazole rings is 1. The molecule has 0 atom stereocenters. The molecule has 0 saturated heterocycles. The zero-order valence-corrected chi connectivity index (χ0v) is 17.3. The fourth-order valence-corrected chi connectivity index (χ4v) is 3.79. The maximum absolute atomic E-state index is 12.4. The van der Waals surface area contributed by atoms with Crippen LogP contribution in [0.2, 0.25) is 0 Å². The van der Waals surface area contributed by atoms with Gasteiger partial charge in [-0.1, -0.05) is 23.5 Å². The second-order valence-electron chi connectivity index (χ2n) is 6.54. The molecule has 4 aromatic rings. The maximum atomic E-state index is 12.4. The summed E-state index contributed by atoms with van der Waals surface area (Å²) in [6.45, 7) is 0. The third-order valence-corrected chi connectivity index (χ3v) is 5.31. The molecule has 0 spiro atoms. The quantitative estimate of drug-likeness (QED) is 0.457. The Kier molecular flexibility index (Phi) is 5.76. The Hall–Kier alpha value is -3.98. The van der Waals surface area contributed by atoms with Gasteiger partial charge in [0.1, 0.15) is 17.1 Å². The van der Waals surface area contributed by atoms with Gasteiger partial charge in [0.25, 0.3) is 5.91 Å². The summed E-state index contributed by atoms with van der Waals surface area (Å²) in [5.74, 6) is 0.550. The summed E-state index contributed by atoms with van der Waals surface area (Å²) in [7, 11) is 1.61. The van der Waals surface area contributed by atoms with Gasteiger partial charge in [-0.05, 0) is 48.0 Å². The molecular formula is C22H18N4O4S. The normalized spacial score (nSPS) is 10.6. The molecule has 9 heteroatoms. The molecule has 0 fully saturated rings. The first-order valence-electron chi connectivity index (χ1n) is 9.28. The lowest BCUT2D eigenvalue weighted by atomic mass is 10.1. The highest BCUT2D eigenvalue weighted by Crippen LogP contribution is 2.29. The summed E-state index contributed by atoms with van der Waals surface area (Å²) in [5, 5.41) is 3.36. The fourth-order valence-electron chi connectivity index (χ4n) is 2.88. The molecule has 2 aromatic carbocycles. The van der Waals surface area contributed by atoms with Gasteiger partial charge in [-0.25, -0.2) is 9.97 Å². The van der Waals surface area contributed by atoms with Crippen molar-refractivity contribution in [2.45, 2.75) is 6.42 Å². The van der Waals surface area contributed by atoms with E-state index in [0.717, 1.165) is 21.5 Å². The molecule has 0 aliphatic carbocycles. The number of benzene rings is 2. The summed E-state index contributed by atoms with van der Waals surface area (Å²) in [6, 6.07) is 15.7. The number of amides is 2. The largest absolute Gasteiger partial charge is 0.497 e. The van der Waals surface area contributed by atoms with Crippen molar-refractivity contribution in [2.75, 3.05) is 12.4 Å². The van der Waals surface area contributed by atoms with Gasteiger partial charge in [0.15, 0.2) is 5.13 Å². The number of fused-ring (bicyclic) bond motifs is 1. The number of primary amides is 1. The highest BCUT2D eigenvalue weighted by molar-refractivity contribution is 7.22. The van der Waals surface area contributed by atoms with E-state index < -0.39 is 5.91 Å². The maximum Gasteiger partial charge on any atom is 0.254 e. The molecule has 0 unspecified atom stereocenters. The Morgan fingerprint density at radius 2 is 1.87 bits per heavy atom. The van der Waals surface area contributed by atoms with E-state index in [9.17, 15) is 9.59 Å². The Labute approximate surface area is 181 Å². The van der Waals surface area contributed by atoms with Gasteiger partial charge >= 0.3 is 0 Å². The second kappa shape index (κ2) is 8.80. The number of rotatable bonds is 7. The van der Waals surface area contributed by atoms with Gasteiger partial charge in [0.05, 0.1) is 23.7 Å². The molecule has 2 amide bonds. The van der Waals surface area contributed by atoms with E-state index in [4.69, 9.17) is 15.2 Å². The van der Waals surface area contributed by atoms with Crippen LogP contribution in [-0.4, -0.2) is 28.9 Å². The summed E-state index contributed by atoms with van der Waals surface area (Å²) in [6.07, 6.45) is 1.69. The number of aromatic nitrogens is 2. The minimum absolute atomic E-state index is 0.132. The number of pyridine rings is 1. The average molecular weight is 434 g/mol. The Balaban J connectivity index is 1.40. The zero-order chi connectivity index (χ0) is 21.8. The molecule has 0 aliphatic heterocycles. The third kappa shape index (κ3) is 4.78. The van der Waals surface area contributed by atoms with Gasteiger partial charge in [-0.3, -0.25) is 9.59 Å². The number of nitrogens with zero attached hydrogens (tertiary/aromatic N) is 2. The Morgan fingerprint density at radius 3 is 2.61 bits per heavy atom. The number of hydrogen-bond acceptors (Lipinski definition) is 7. The molecule has 156 valence electrons. The van der Waals surface area contributed by atoms with Crippen LogP contribution in [0.4, 0.5) is 5.13 Å². The van der Waals surface area contributed by atoms with Crippen molar-refractivity contribution in [3.05, 3.63) is 71.9 Å². The van der Waals surface area contributed by atoms with Crippen LogP contribution in [0, 0.1) is 0 Å². The minimum atomic E-state index is -0.621. The highest BCUT2D eigenvalue weighted by atomic mass is 32.1. The highest BCUT2D eigenvalue weighted by Gasteiger charge is 2.12.